The number of carbonyl (C=O) groups is 1. The molecule has 0 radical (unpaired) electrons. The summed E-state index contributed by atoms with van der Waals surface area (Å²) >= 11 is 1.36. The Kier molecular flexibility index (Phi) is 3.64. The summed E-state index contributed by atoms with van der Waals surface area (Å²) in [5, 5.41) is 14.6. The number of hydrogen-bond acceptors (Lipinski definition) is 5. The fraction of sp³-hybridized carbons (Fsp3) is 0.500. The van der Waals surface area contributed by atoms with E-state index in [1.165, 1.54) is 11.3 Å². The summed E-state index contributed by atoms with van der Waals surface area (Å²) in [6.07, 6.45) is 5.80. The van der Waals surface area contributed by atoms with Crippen LogP contribution in [0.1, 0.15) is 17.3 Å². The minimum absolute atomic E-state index is 0.227. The van der Waals surface area contributed by atoms with E-state index in [0.717, 1.165) is 30.2 Å². The van der Waals surface area contributed by atoms with E-state index in [2.05, 4.69) is 30.4 Å². The number of urea groups is 1. The minimum atomic E-state index is -0.227. The highest BCUT2D eigenvalue weighted by atomic mass is 32.1. The monoisotopic (exact) mass is 292 g/mol. The molecule has 0 unspecified atom stereocenters. The van der Waals surface area contributed by atoms with Gasteiger partial charge in [0.25, 0.3) is 0 Å². The third-order valence-corrected chi connectivity index (χ3v) is 4.10. The molecule has 8 heteroatoms. The highest BCUT2D eigenvalue weighted by molar-refractivity contribution is 7.15. The molecular weight excluding hydrogens is 276 g/mol. The van der Waals surface area contributed by atoms with Crippen molar-refractivity contribution in [1.29, 1.82) is 0 Å². The molecule has 20 heavy (non-hydrogen) atoms. The number of nitrogens with one attached hydrogen (secondary N) is 2. The summed E-state index contributed by atoms with van der Waals surface area (Å²) in [6.45, 7) is 3.47. The normalized spacial score (nSPS) is 17.6. The third kappa shape index (κ3) is 2.96. The lowest BCUT2D eigenvalue weighted by Gasteiger charge is -2.23. The van der Waals surface area contributed by atoms with Crippen LogP contribution in [-0.2, 0) is 13.0 Å². The van der Waals surface area contributed by atoms with Gasteiger partial charge in [0.15, 0.2) is 0 Å². The summed E-state index contributed by atoms with van der Waals surface area (Å²) in [4.78, 5) is 16.1. The molecule has 0 saturated carbocycles. The first-order chi connectivity index (χ1) is 9.70. The first-order valence-electron chi connectivity index (χ1n) is 6.55. The molecule has 2 N–H and O–H groups in total. The molecule has 3 heterocycles. The maximum atomic E-state index is 11.8. The van der Waals surface area contributed by atoms with Crippen molar-refractivity contribution in [1.82, 2.24) is 25.1 Å². The number of nitrogens with zero attached hydrogens (tertiary/aromatic N) is 4. The fourth-order valence-electron chi connectivity index (χ4n) is 2.32. The molecule has 2 aromatic heterocycles. The molecule has 0 aromatic carbocycles. The van der Waals surface area contributed by atoms with E-state index >= 15 is 0 Å². The molecule has 0 aliphatic carbocycles. The average Bonchev–Trinajstić information content (AvgIpc) is 3.04. The van der Waals surface area contributed by atoms with E-state index < -0.39 is 0 Å². The summed E-state index contributed by atoms with van der Waals surface area (Å²) in [5.74, 6) is 1.54. The average molecular weight is 292 g/mol. The van der Waals surface area contributed by atoms with Crippen LogP contribution in [0.15, 0.2) is 12.4 Å². The molecule has 3 rings (SSSR count). The first kappa shape index (κ1) is 13.0. The Morgan fingerprint density at radius 2 is 2.45 bits per heavy atom. The van der Waals surface area contributed by atoms with Crippen molar-refractivity contribution in [2.75, 3.05) is 11.9 Å². The summed E-state index contributed by atoms with van der Waals surface area (Å²) in [5.41, 5.74) is 0. The van der Waals surface area contributed by atoms with Gasteiger partial charge >= 0.3 is 6.03 Å². The molecule has 1 aliphatic rings. The minimum Gasteiger partial charge on any atom is -0.338 e. The van der Waals surface area contributed by atoms with Crippen LogP contribution >= 0.6 is 11.3 Å². The smallest absolute Gasteiger partial charge is 0.321 e. The van der Waals surface area contributed by atoms with Crippen molar-refractivity contribution >= 4 is 22.5 Å². The van der Waals surface area contributed by atoms with Crippen molar-refractivity contribution in [2.45, 2.75) is 26.3 Å². The first-order valence-corrected chi connectivity index (χ1v) is 7.37. The fourth-order valence-corrected chi connectivity index (χ4v) is 2.90. The van der Waals surface area contributed by atoms with Gasteiger partial charge in [-0.2, -0.15) is 0 Å². The quantitative estimate of drug-likeness (QED) is 0.896. The van der Waals surface area contributed by atoms with Gasteiger partial charge in [-0.1, -0.05) is 11.3 Å². The van der Waals surface area contributed by atoms with Crippen LogP contribution < -0.4 is 10.6 Å². The lowest BCUT2D eigenvalue weighted by Crippen LogP contribution is -2.35. The summed E-state index contributed by atoms with van der Waals surface area (Å²) < 4.78 is 2.17. The van der Waals surface area contributed by atoms with Crippen LogP contribution in [0.5, 0.6) is 0 Å². The Balaban J connectivity index is 1.47. The van der Waals surface area contributed by atoms with E-state index in [0.29, 0.717) is 17.6 Å². The zero-order valence-electron chi connectivity index (χ0n) is 11.2. The van der Waals surface area contributed by atoms with Crippen LogP contribution in [0.2, 0.25) is 0 Å². The van der Waals surface area contributed by atoms with Gasteiger partial charge in [0.05, 0.1) is 0 Å². The standard InChI is InChI=1S/C12H16N6OS/c1-8-16-17-12(20-8)15-11(19)14-7-9-2-4-18-5-3-13-10(18)6-9/h3,5,9H,2,4,6-7H2,1H3,(H2,14,15,17,19)/t9-/m1/s1. The molecular formula is C12H16N6OS. The maximum absolute atomic E-state index is 11.8. The van der Waals surface area contributed by atoms with E-state index in [9.17, 15) is 4.79 Å². The predicted molar refractivity (Wildman–Crippen MR) is 75.7 cm³/mol. The van der Waals surface area contributed by atoms with E-state index in [1.54, 1.807) is 0 Å². The van der Waals surface area contributed by atoms with Gasteiger partial charge in [0, 0.05) is 31.9 Å². The molecule has 0 saturated heterocycles. The predicted octanol–water partition coefficient (Wildman–Crippen LogP) is 1.43. The Hall–Kier alpha value is -1.96. The molecule has 106 valence electrons. The number of rotatable bonds is 3. The van der Waals surface area contributed by atoms with Crippen LogP contribution in [-0.4, -0.2) is 32.3 Å². The van der Waals surface area contributed by atoms with Crippen LogP contribution in [0.3, 0.4) is 0 Å². The third-order valence-electron chi connectivity index (χ3n) is 3.35. The van der Waals surface area contributed by atoms with E-state index in [-0.39, 0.29) is 6.03 Å². The number of amides is 2. The van der Waals surface area contributed by atoms with Crippen molar-refractivity contribution in [3.8, 4) is 0 Å². The lowest BCUT2D eigenvalue weighted by molar-refractivity contribution is 0.248. The number of anilines is 1. The number of hydrogen-bond donors (Lipinski definition) is 2. The van der Waals surface area contributed by atoms with Gasteiger partial charge in [-0.25, -0.2) is 9.78 Å². The van der Waals surface area contributed by atoms with Gasteiger partial charge in [0.2, 0.25) is 5.13 Å². The van der Waals surface area contributed by atoms with Crippen molar-refractivity contribution < 1.29 is 4.79 Å². The Bertz CT molecular complexity index is 607. The second kappa shape index (κ2) is 5.58. The molecule has 7 nitrogen and oxygen atoms in total. The van der Waals surface area contributed by atoms with Gasteiger partial charge in [-0.15, -0.1) is 10.2 Å². The second-order valence-corrected chi connectivity index (χ2v) is 6.04. The highest BCUT2D eigenvalue weighted by Gasteiger charge is 2.19. The summed E-state index contributed by atoms with van der Waals surface area (Å²) in [7, 11) is 0. The maximum Gasteiger partial charge on any atom is 0.321 e. The molecule has 0 spiro atoms. The second-order valence-electron chi connectivity index (χ2n) is 4.86. The highest BCUT2D eigenvalue weighted by Crippen LogP contribution is 2.18. The number of imidazole rings is 1. The largest absolute Gasteiger partial charge is 0.338 e. The molecule has 0 bridgehead atoms. The van der Waals surface area contributed by atoms with Gasteiger partial charge < -0.3 is 9.88 Å². The van der Waals surface area contributed by atoms with Crippen molar-refractivity contribution in [3.05, 3.63) is 23.2 Å². The van der Waals surface area contributed by atoms with Crippen molar-refractivity contribution in [2.24, 2.45) is 5.92 Å². The van der Waals surface area contributed by atoms with Gasteiger partial charge in [-0.05, 0) is 19.3 Å². The lowest BCUT2D eigenvalue weighted by atomic mass is 9.98. The molecule has 2 aromatic rings. The number of carbonyl (C=O) groups excluding carboxylic acids is 1. The van der Waals surface area contributed by atoms with Crippen LogP contribution in [0, 0.1) is 12.8 Å². The Labute approximate surface area is 120 Å². The van der Waals surface area contributed by atoms with Crippen LogP contribution in [0.4, 0.5) is 9.93 Å². The molecule has 2 amide bonds. The zero-order valence-corrected chi connectivity index (χ0v) is 12.0. The number of aryl methyl sites for hydroxylation is 2. The van der Waals surface area contributed by atoms with E-state index in [1.807, 2.05) is 19.3 Å². The van der Waals surface area contributed by atoms with Crippen molar-refractivity contribution in [3.63, 3.8) is 0 Å². The molecule has 1 atom stereocenters. The Morgan fingerprint density at radius 3 is 3.25 bits per heavy atom. The molecule has 1 aliphatic heterocycles. The zero-order chi connectivity index (χ0) is 13.9. The molecule has 0 fully saturated rings. The number of aromatic nitrogens is 4. The van der Waals surface area contributed by atoms with Crippen LogP contribution in [0.25, 0.3) is 0 Å². The SMILES string of the molecule is Cc1nnc(NC(=O)NC[C@@H]2CCn3ccnc3C2)s1. The summed E-state index contributed by atoms with van der Waals surface area (Å²) in [6, 6.07) is -0.227. The van der Waals surface area contributed by atoms with Gasteiger partial charge in [-0.3, -0.25) is 5.32 Å². The van der Waals surface area contributed by atoms with E-state index in [4.69, 9.17) is 0 Å². The topological polar surface area (TPSA) is 84.7 Å². The van der Waals surface area contributed by atoms with Gasteiger partial charge in [0.1, 0.15) is 10.8 Å². The Morgan fingerprint density at radius 1 is 1.55 bits per heavy atom. The number of fused-ring (bicyclic) bond motifs is 1.